The number of rotatable bonds is 2. The lowest BCUT2D eigenvalue weighted by Crippen LogP contribution is -2.40. The van der Waals surface area contributed by atoms with Crippen LogP contribution in [0, 0.1) is 0 Å². The normalized spacial score (nSPS) is 22.2. The highest BCUT2D eigenvalue weighted by Crippen LogP contribution is 2.24. The number of halogens is 1. The maximum absolute atomic E-state index is 6.15. The van der Waals surface area contributed by atoms with Crippen LogP contribution in [0.3, 0.4) is 0 Å². The molecule has 0 aliphatic carbocycles. The second-order valence-corrected chi connectivity index (χ2v) is 4.63. The zero-order valence-corrected chi connectivity index (χ0v) is 10.2. The van der Waals surface area contributed by atoms with E-state index in [1.807, 2.05) is 18.2 Å². The lowest BCUT2D eigenvalue weighted by Gasteiger charge is -2.31. The molecule has 1 aliphatic heterocycles. The largest absolute Gasteiger partial charge is 0.398 e. The van der Waals surface area contributed by atoms with Crippen LogP contribution in [-0.4, -0.2) is 30.7 Å². The van der Waals surface area contributed by atoms with E-state index in [0.29, 0.717) is 0 Å². The SMILES string of the molecule is CC1CN(Cc2c(N)cccc2Cl)CCO1. The molecule has 1 fully saturated rings. The Balaban J connectivity index is 2.08. The summed E-state index contributed by atoms with van der Waals surface area (Å²) in [5, 5.41) is 0.749. The van der Waals surface area contributed by atoms with Gasteiger partial charge in [0, 0.05) is 35.9 Å². The number of anilines is 1. The van der Waals surface area contributed by atoms with Crippen LogP contribution in [0.5, 0.6) is 0 Å². The van der Waals surface area contributed by atoms with Crippen LogP contribution < -0.4 is 5.73 Å². The third-order valence-electron chi connectivity index (χ3n) is 2.86. The third-order valence-corrected chi connectivity index (χ3v) is 3.22. The van der Waals surface area contributed by atoms with Gasteiger partial charge in [-0.3, -0.25) is 4.90 Å². The number of morpholine rings is 1. The molecule has 4 heteroatoms. The summed E-state index contributed by atoms with van der Waals surface area (Å²) in [5.74, 6) is 0. The molecular formula is C12H17ClN2O. The molecule has 0 bridgehead atoms. The molecule has 2 N–H and O–H groups in total. The van der Waals surface area contributed by atoms with Gasteiger partial charge in [0.1, 0.15) is 0 Å². The van der Waals surface area contributed by atoms with Crippen molar-refractivity contribution in [3.8, 4) is 0 Å². The van der Waals surface area contributed by atoms with E-state index in [9.17, 15) is 0 Å². The van der Waals surface area contributed by atoms with Gasteiger partial charge in [-0.15, -0.1) is 0 Å². The highest BCUT2D eigenvalue weighted by molar-refractivity contribution is 6.31. The van der Waals surface area contributed by atoms with Gasteiger partial charge in [0.2, 0.25) is 0 Å². The second kappa shape index (κ2) is 5.04. The quantitative estimate of drug-likeness (QED) is 0.805. The molecule has 0 spiro atoms. The fourth-order valence-electron chi connectivity index (χ4n) is 2.00. The van der Waals surface area contributed by atoms with E-state index in [1.54, 1.807) is 0 Å². The Hall–Kier alpha value is -0.770. The van der Waals surface area contributed by atoms with E-state index in [4.69, 9.17) is 22.1 Å². The summed E-state index contributed by atoms with van der Waals surface area (Å²) >= 11 is 6.15. The Labute approximate surface area is 101 Å². The number of nitrogen functional groups attached to an aromatic ring is 1. The van der Waals surface area contributed by atoms with Crippen molar-refractivity contribution < 1.29 is 4.74 Å². The molecule has 0 radical (unpaired) electrons. The Kier molecular flexibility index (Phi) is 3.69. The first kappa shape index (κ1) is 11.7. The molecule has 0 amide bonds. The van der Waals surface area contributed by atoms with Crippen LogP contribution in [0.15, 0.2) is 18.2 Å². The van der Waals surface area contributed by atoms with Crippen LogP contribution in [0.2, 0.25) is 5.02 Å². The third kappa shape index (κ3) is 2.67. The van der Waals surface area contributed by atoms with Crippen LogP contribution >= 0.6 is 11.6 Å². The average molecular weight is 241 g/mol. The predicted octanol–water partition coefficient (Wildman–Crippen LogP) is 2.14. The molecule has 1 saturated heterocycles. The standard InChI is InChI=1S/C12H17ClN2O/c1-9-7-15(5-6-16-9)8-10-11(13)3-2-4-12(10)14/h2-4,9H,5-8,14H2,1H3. The van der Waals surface area contributed by atoms with E-state index in [2.05, 4.69) is 11.8 Å². The van der Waals surface area contributed by atoms with Gasteiger partial charge < -0.3 is 10.5 Å². The maximum Gasteiger partial charge on any atom is 0.0674 e. The van der Waals surface area contributed by atoms with Crippen LogP contribution in [0.25, 0.3) is 0 Å². The van der Waals surface area contributed by atoms with Crippen molar-refractivity contribution in [2.24, 2.45) is 0 Å². The fraction of sp³-hybridized carbons (Fsp3) is 0.500. The van der Waals surface area contributed by atoms with E-state index < -0.39 is 0 Å². The highest BCUT2D eigenvalue weighted by atomic mass is 35.5. The van der Waals surface area contributed by atoms with E-state index in [-0.39, 0.29) is 6.10 Å². The van der Waals surface area contributed by atoms with Crippen molar-refractivity contribution in [1.29, 1.82) is 0 Å². The van der Waals surface area contributed by atoms with Crippen molar-refractivity contribution in [2.75, 3.05) is 25.4 Å². The first-order valence-electron chi connectivity index (χ1n) is 5.53. The van der Waals surface area contributed by atoms with Gasteiger partial charge in [-0.25, -0.2) is 0 Å². The summed E-state index contributed by atoms with van der Waals surface area (Å²) in [5.41, 5.74) is 7.73. The Morgan fingerprint density at radius 2 is 2.38 bits per heavy atom. The monoisotopic (exact) mass is 240 g/mol. The van der Waals surface area contributed by atoms with Gasteiger partial charge in [-0.05, 0) is 19.1 Å². The summed E-state index contributed by atoms with van der Waals surface area (Å²) in [6, 6.07) is 5.66. The summed E-state index contributed by atoms with van der Waals surface area (Å²) in [4.78, 5) is 2.33. The molecule has 1 heterocycles. The molecule has 88 valence electrons. The minimum atomic E-state index is 0.289. The Bertz CT molecular complexity index is 350. The van der Waals surface area contributed by atoms with Crippen molar-refractivity contribution in [3.05, 3.63) is 28.8 Å². The molecule has 0 aromatic heterocycles. The van der Waals surface area contributed by atoms with Gasteiger partial charge in [0.25, 0.3) is 0 Å². The van der Waals surface area contributed by atoms with Crippen LogP contribution in [0.1, 0.15) is 12.5 Å². The summed E-state index contributed by atoms with van der Waals surface area (Å²) in [7, 11) is 0. The first-order valence-corrected chi connectivity index (χ1v) is 5.91. The molecule has 1 atom stereocenters. The van der Waals surface area contributed by atoms with Gasteiger partial charge in [-0.2, -0.15) is 0 Å². The highest BCUT2D eigenvalue weighted by Gasteiger charge is 2.18. The fourth-order valence-corrected chi connectivity index (χ4v) is 2.24. The van der Waals surface area contributed by atoms with Gasteiger partial charge in [0.15, 0.2) is 0 Å². The lowest BCUT2D eigenvalue weighted by molar-refractivity contribution is -0.0211. The van der Waals surface area contributed by atoms with E-state index >= 15 is 0 Å². The number of hydrogen-bond donors (Lipinski definition) is 1. The molecule has 2 rings (SSSR count). The molecule has 3 nitrogen and oxygen atoms in total. The molecular weight excluding hydrogens is 224 g/mol. The number of nitrogens with zero attached hydrogens (tertiary/aromatic N) is 1. The zero-order chi connectivity index (χ0) is 11.5. The topological polar surface area (TPSA) is 38.5 Å². The van der Waals surface area contributed by atoms with Crippen LogP contribution in [-0.2, 0) is 11.3 Å². The molecule has 1 unspecified atom stereocenters. The molecule has 0 saturated carbocycles. The smallest absolute Gasteiger partial charge is 0.0674 e. The minimum Gasteiger partial charge on any atom is -0.398 e. The van der Waals surface area contributed by atoms with Crippen LogP contribution in [0.4, 0.5) is 5.69 Å². The average Bonchev–Trinajstić information content (AvgIpc) is 2.24. The van der Waals surface area contributed by atoms with Crippen molar-refractivity contribution >= 4 is 17.3 Å². The van der Waals surface area contributed by atoms with E-state index in [1.165, 1.54) is 0 Å². The summed E-state index contributed by atoms with van der Waals surface area (Å²) < 4.78 is 5.50. The minimum absolute atomic E-state index is 0.289. The first-order chi connectivity index (χ1) is 7.66. The Morgan fingerprint density at radius 1 is 1.56 bits per heavy atom. The number of benzene rings is 1. The Morgan fingerprint density at radius 3 is 3.06 bits per heavy atom. The van der Waals surface area contributed by atoms with Crippen molar-refractivity contribution in [3.63, 3.8) is 0 Å². The van der Waals surface area contributed by atoms with Gasteiger partial charge >= 0.3 is 0 Å². The molecule has 1 aromatic carbocycles. The molecule has 16 heavy (non-hydrogen) atoms. The second-order valence-electron chi connectivity index (χ2n) is 4.22. The molecule has 1 aliphatic rings. The van der Waals surface area contributed by atoms with Gasteiger partial charge in [0.05, 0.1) is 12.7 Å². The molecule has 1 aromatic rings. The van der Waals surface area contributed by atoms with E-state index in [0.717, 1.165) is 42.5 Å². The lowest BCUT2D eigenvalue weighted by atomic mass is 10.1. The summed E-state index contributed by atoms with van der Waals surface area (Å²) in [6.45, 7) is 5.55. The maximum atomic E-state index is 6.15. The number of nitrogens with two attached hydrogens (primary N) is 1. The number of hydrogen-bond acceptors (Lipinski definition) is 3. The predicted molar refractivity (Wildman–Crippen MR) is 66.6 cm³/mol. The van der Waals surface area contributed by atoms with Crippen molar-refractivity contribution in [2.45, 2.75) is 19.6 Å². The van der Waals surface area contributed by atoms with Crippen molar-refractivity contribution in [1.82, 2.24) is 4.90 Å². The van der Waals surface area contributed by atoms with Gasteiger partial charge in [-0.1, -0.05) is 17.7 Å². The number of ether oxygens (including phenoxy) is 1. The summed E-state index contributed by atoms with van der Waals surface area (Å²) in [6.07, 6.45) is 0.289. The zero-order valence-electron chi connectivity index (χ0n) is 9.45.